The van der Waals surface area contributed by atoms with E-state index in [1.807, 2.05) is 0 Å². The third kappa shape index (κ3) is 5.82. The Hall–Kier alpha value is -2.48. The molecule has 1 aliphatic rings. The minimum Gasteiger partial charge on any atom is -0.385 e. The quantitative estimate of drug-likeness (QED) is 0.722. The molecule has 0 unspecified atom stereocenters. The maximum Gasteiger partial charge on any atom is 0.322 e. The first-order chi connectivity index (χ1) is 12.0. The minimum atomic E-state index is -0.769. The first-order valence-electron chi connectivity index (χ1n) is 8.12. The molecule has 0 radical (unpaired) electrons. The standard InChI is InChI=1S/C17H22FN3O4/c1-25-10-2-9-21(11-12-3-5-13(18)6-4-12)16(23)14-7-8-15(22)20-17(24)19-14/h3-6,14H,2,7-11H2,1H3,(H2,19,20,22,24)/t14-/m1/s1. The Balaban J connectivity index is 2.09. The zero-order chi connectivity index (χ0) is 18.2. The Labute approximate surface area is 145 Å². The number of nitrogens with zero attached hydrogens (tertiary/aromatic N) is 1. The summed E-state index contributed by atoms with van der Waals surface area (Å²) in [5.41, 5.74) is 0.779. The van der Waals surface area contributed by atoms with Gasteiger partial charge in [0.05, 0.1) is 0 Å². The maximum absolute atomic E-state index is 13.1. The second-order valence-corrected chi connectivity index (χ2v) is 5.85. The smallest absolute Gasteiger partial charge is 0.322 e. The molecule has 25 heavy (non-hydrogen) atoms. The van der Waals surface area contributed by atoms with Crippen molar-refractivity contribution in [2.24, 2.45) is 0 Å². The number of carbonyl (C=O) groups is 3. The summed E-state index contributed by atoms with van der Waals surface area (Å²) in [7, 11) is 1.58. The number of hydrogen-bond donors (Lipinski definition) is 2. The van der Waals surface area contributed by atoms with Gasteiger partial charge in [-0.1, -0.05) is 12.1 Å². The summed E-state index contributed by atoms with van der Waals surface area (Å²) in [6.45, 7) is 1.21. The Morgan fingerprint density at radius 2 is 2.04 bits per heavy atom. The summed E-state index contributed by atoms with van der Waals surface area (Å²) in [5.74, 6) is -1.02. The number of benzene rings is 1. The summed E-state index contributed by atoms with van der Waals surface area (Å²) < 4.78 is 18.1. The molecular weight excluding hydrogens is 329 g/mol. The highest BCUT2D eigenvalue weighted by Gasteiger charge is 2.29. The number of halogens is 1. The summed E-state index contributed by atoms with van der Waals surface area (Å²) in [6, 6.07) is 4.46. The number of carbonyl (C=O) groups excluding carboxylic acids is 3. The van der Waals surface area contributed by atoms with Gasteiger partial charge in [-0.2, -0.15) is 0 Å². The van der Waals surface area contributed by atoms with E-state index in [2.05, 4.69) is 10.6 Å². The van der Waals surface area contributed by atoms with Crippen LogP contribution < -0.4 is 10.6 Å². The number of rotatable bonds is 7. The van der Waals surface area contributed by atoms with E-state index in [1.165, 1.54) is 12.1 Å². The summed E-state index contributed by atoms with van der Waals surface area (Å²) in [5, 5.41) is 4.67. The largest absolute Gasteiger partial charge is 0.385 e. The SMILES string of the molecule is COCCCN(Cc1ccc(F)cc1)C(=O)[C@H]1CCC(=O)NC(=O)N1. The molecule has 2 rings (SSSR count). The molecule has 2 N–H and O–H groups in total. The van der Waals surface area contributed by atoms with Gasteiger partial charge in [-0.15, -0.1) is 0 Å². The summed E-state index contributed by atoms with van der Waals surface area (Å²) >= 11 is 0. The van der Waals surface area contributed by atoms with Crippen LogP contribution in [0.2, 0.25) is 0 Å². The van der Waals surface area contributed by atoms with E-state index in [9.17, 15) is 18.8 Å². The molecule has 1 saturated heterocycles. The molecule has 4 amide bonds. The van der Waals surface area contributed by atoms with Gasteiger partial charge in [0, 0.05) is 33.2 Å². The monoisotopic (exact) mass is 351 g/mol. The molecular formula is C17H22FN3O4. The van der Waals surface area contributed by atoms with Gasteiger partial charge < -0.3 is 15.0 Å². The van der Waals surface area contributed by atoms with Crippen molar-refractivity contribution in [3.05, 3.63) is 35.6 Å². The van der Waals surface area contributed by atoms with Gasteiger partial charge >= 0.3 is 6.03 Å². The Bertz CT molecular complexity index is 621. The highest BCUT2D eigenvalue weighted by molar-refractivity contribution is 5.98. The highest BCUT2D eigenvalue weighted by Crippen LogP contribution is 2.12. The second kappa shape index (κ2) is 9.12. The van der Waals surface area contributed by atoms with Crippen LogP contribution in [0.25, 0.3) is 0 Å². The molecule has 1 aromatic rings. The van der Waals surface area contributed by atoms with Crippen molar-refractivity contribution in [3.63, 3.8) is 0 Å². The number of nitrogens with one attached hydrogen (secondary N) is 2. The molecule has 0 spiro atoms. The van der Waals surface area contributed by atoms with Crippen molar-refractivity contribution in [3.8, 4) is 0 Å². The van der Waals surface area contributed by atoms with Crippen LogP contribution in [0.3, 0.4) is 0 Å². The molecule has 1 fully saturated rings. The molecule has 1 heterocycles. The number of urea groups is 1. The zero-order valence-corrected chi connectivity index (χ0v) is 14.1. The summed E-state index contributed by atoms with van der Waals surface area (Å²) in [6.07, 6.45) is 0.958. The van der Waals surface area contributed by atoms with Crippen LogP contribution in [0.4, 0.5) is 9.18 Å². The predicted octanol–water partition coefficient (Wildman–Crippen LogP) is 1.18. The molecule has 1 atom stereocenters. The van der Waals surface area contributed by atoms with Crippen molar-refractivity contribution in [2.75, 3.05) is 20.3 Å². The van der Waals surface area contributed by atoms with Gasteiger partial charge in [-0.25, -0.2) is 9.18 Å². The lowest BCUT2D eigenvalue weighted by Gasteiger charge is -2.27. The molecule has 7 nitrogen and oxygen atoms in total. The highest BCUT2D eigenvalue weighted by atomic mass is 19.1. The van der Waals surface area contributed by atoms with Gasteiger partial charge in [-0.3, -0.25) is 14.9 Å². The van der Waals surface area contributed by atoms with E-state index >= 15 is 0 Å². The molecule has 136 valence electrons. The van der Waals surface area contributed by atoms with E-state index in [0.717, 1.165) is 5.56 Å². The number of methoxy groups -OCH3 is 1. The van der Waals surface area contributed by atoms with Crippen LogP contribution in [-0.4, -0.2) is 49.0 Å². The van der Waals surface area contributed by atoms with Crippen molar-refractivity contribution in [1.82, 2.24) is 15.5 Å². The van der Waals surface area contributed by atoms with E-state index in [1.54, 1.807) is 24.1 Å². The fourth-order valence-electron chi connectivity index (χ4n) is 2.61. The normalized spacial score (nSPS) is 17.4. The van der Waals surface area contributed by atoms with Crippen molar-refractivity contribution >= 4 is 17.8 Å². The van der Waals surface area contributed by atoms with Crippen molar-refractivity contribution < 1.29 is 23.5 Å². The van der Waals surface area contributed by atoms with E-state index < -0.39 is 18.0 Å². The fourth-order valence-corrected chi connectivity index (χ4v) is 2.61. The first kappa shape index (κ1) is 18.9. The number of amides is 4. The van der Waals surface area contributed by atoms with Crippen molar-refractivity contribution in [1.29, 1.82) is 0 Å². The van der Waals surface area contributed by atoms with Crippen LogP contribution >= 0.6 is 0 Å². The predicted molar refractivity (Wildman–Crippen MR) is 88.0 cm³/mol. The number of imide groups is 1. The van der Waals surface area contributed by atoms with Crippen molar-refractivity contribution in [2.45, 2.75) is 31.8 Å². The average molecular weight is 351 g/mol. The van der Waals surface area contributed by atoms with Gasteiger partial charge in [0.25, 0.3) is 0 Å². The third-order valence-corrected chi connectivity index (χ3v) is 3.89. The van der Waals surface area contributed by atoms with Crippen LogP contribution in [0.15, 0.2) is 24.3 Å². The topological polar surface area (TPSA) is 87.7 Å². The second-order valence-electron chi connectivity index (χ2n) is 5.85. The lowest BCUT2D eigenvalue weighted by Crippen LogP contribution is -2.49. The third-order valence-electron chi connectivity index (χ3n) is 3.89. The molecule has 8 heteroatoms. The van der Waals surface area contributed by atoms with Crippen LogP contribution in [0, 0.1) is 5.82 Å². The van der Waals surface area contributed by atoms with Gasteiger partial charge in [-0.05, 0) is 30.5 Å². The molecule has 0 aromatic heterocycles. The molecule has 0 aliphatic carbocycles. The first-order valence-corrected chi connectivity index (χ1v) is 8.12. The summed E-state index contributed by atoms with van der Waals surface area (Å²) in [4.78, 5) is 37.4. The van der Waals surface area contributed by atoms with Gasteiger partial charge in [0.15, 0.2) is 0 Å². The van der Waals surface area contributed by atoms with Gasteiger partial charge in [0.1, 0.15) is 11.9 Å². The van der Waals surface area contributed by atoms with E-state index in [-0.39, 0.29) is 31.1 Å². The Kier molecular flexibility index (Phi) is 6.88. The number of ether oxygens (including phenoxy) is 1. The maximum atomic E-state index is 13.1. The Morgan fingerprint density at radius 1 is 1.32 bits per heavy atom. The van der Waals surface area contributed by atoms with Crippen LogP contribution in [0.1, 0.15) is 24.8 Å². The lowest BCUT2D eigenvalue weighted by molar-refractivity contribution is -0.134. The van der Waals surface area contributed by atoms with Gasteiger partial charge in [0.2, 0.25) is 11.8 Å². The molecule has 1 aliphatic heterocycles. The van der Waals surface area contributed by atoms with Crippen LogP contribution in [-0.2, 0) is 20.9 Å². The van der Waals surface area contributed by atoms with E-state index in [0.29, 0.717) is 19.6 Å². The Morgan fingerprint density at radius 3 is 2.72 bits per heavy atom. The fraction of sp³-hybridized carbons (Fsp3) is 0.471. The minimum absolute atomic E-state index is 0.0948. The zero-order valence-electron chi connectivity index (χ0n) is 14.1. The molecule has 0 bridgehead atoms. The van der Waals surface area contributed by atoms with Crippen LogP contribution in [0.5, 0.6) is 0 Å². The molecule has 0 saturated carbocycles. The lowest BCUT2D eigenvalue weighted by atomic mass is 10.1. The average Bonchev–Trinajstić information content (AvgIpc) is 2.75. The number of hydrogen-bond acceptors (Lipinski definition) is 4. The van der Waals surface area contributed by atoms with E-state index in [4.69, 9.17) is 4.74 Å². The molecule has 1 aromatic carbocycles.